The third-order valence-corrected chi connectivity index (χ3v) is 8.82. The molecule has 9 heteroatoms. The van der Waals surface area contributed by atoms with E-state index in [0.29, 0.717) is 13.0 Å². The van der Waals surface area contributed by atoms with Crippen molar-refractivity contribution in [1.82, 2.24) is 0 Å². The molecular formula is C42H74NO7P. The highest BCUT2D eigenvalue weighted by molar-refractivity contribution is 7.47. The Morgan fingerprint density at radius 2 is 1.10 bits per heavy atom. The molecule has 3 N–H and O–H groups in total. The van der Waals surface area contributed by atoms with Gasteiger partial charge >= 0.3 is 13.8 Å². The molecule has 0 aromatic rings. The maximum Gasteiger partial charge on any atom is 0.472 e. The van der Waals surface area contributed by atoms with Crippen molar-refractivity contribution in [3.63, 3.8) is 0 Å². The number of hydrogen-bond acceptors (Lipinski definition) is 7. The summed E-state index contributed by atoms with van der Waals surface area (Å²) in [4.78, 5) is 22.4. The van der Waals surface area contributed by atoms with E-state index in [0.717, 1.165) is 89.9 Å². The van der Waals surface area contributed by atoms with Crippen LogP contribution >= 0.6 is 7.82 Å². The molecule has 0 aromatic carbocycles. The number of carbonyl (C=O) groups excluding carboxylic acids is 1. The van der Waals surface area contributed by atoms with Gasteiger partial charge in [0.15, 0.2) is 0 Å². The second kappa shape index (κ2) is 39.2. The Labute approximate surface area is 312 Å². The summed E-state index contributed by atoms with van der Waals surface area (Å²) >= 11 is 0. The minimum Gasteiger partial charge on any atom is -0.457 e. The van der Waals surface area contributed by atoms with Gasteiger partial charge in [0.2, 0.25) is 0 Å². The van der Waals surface area contributed by atoms with Crippen molar-refractivity contribution in [3.05, 3.63) is 72.9 Å². The van der Waals surface area contributed by atoms with E-state index in [9.17, 15) is 14.3 Å². The summed E-state index contributed by atoms with van der Waals surface area (Å²) in [5, 5.41) is 0. The van der Waals surface area contributed by atoms with Crippen molar-refractivity contribution in [2.45, 2.75) is 155 Å². The molecule has 0 aliphatic heterocycles. The molecule has 294 valence electrons. The second-order valence-electron chi connectivity index (χ2n) is 12.8. The summed E-state index contributed by atoms with van der Waals surface area (Å²) < 4.78 is 33.3. The molecule has 2 unspecified atom stereocenters. The van der Waals surface area contributed by atoms with Crippen LogP contribution in [-0.4, -0.2) is 49.9 Å². The minimum absolute atomic E-state index is 0.0921. The number of esters is 1. The van der Waals surface area contributed by atoms with E-state index < -0.39 is 13.9 Å². The zero-order valence-electron chi connectivity index (χ0n) is 32.3. The minimum atomic E-state index is -4.28. The molecule has 8 nitrogen and oxygen atoms in total. The number of ether oxygens (including phenoxy) is 2. The van der Waals surface area contributed by atoms with Crippen molar-refractivity contribution >= 4 is 13.8 Å². The summed E-state index contributed by atoms with van der Waals surface area (Å²) in [6.45, 7) is 4.68. The van der Waals surface area contributed by atoms with Gasteiger partial charge in [-0.25, -0.2) is 4.57 Å². The molecule has 0 bridgehead atoms. The molecule has 0 heterocycles. The van der Waals surface area contributed by atoms with Crippen LogP contribution in [0.25, 0.3) is 0 Å². The van der Waals surface area contributed by atoms with Crippen molar-refractivity contribution in [2.75, 3.05) is 33.0 Å². The Morgan fingerprint density at radius 1 is 0.608 bits per heavy atom. The Kier molecular flexibility index (Phi) is 37.6. The van der Waals surface area contributed by atoms with Crippen LogP contribution in [-0.2, 0) is 27.9 Å². The maximum atomic E-state index is 12.5. The number of allylic oxidation sites excluding steroid dienone is 12. The standard InChI is InChI=1S/C42H74NO7P/c1-3-5-7-9-11-13-15-16-17-18-19-20-21-22-23-24-25-27-29-31-33-35-42(44)50-41(40-49-51(45,46)48-38-36-43)39-47-37-34-32-30-28-26-14-12-10-8-6-4-2/h5,7-8,10-11,13,16-17,19-20,22-23,41H,3-4,6,9,12,14-15,18,21,24-40,43H2,1-2H3,(H,45,46)/b7-5-,10-8-,13-11-,17-16-,20-19-,23-22-. The Bertz CT molecular complexity index is 1010. The molecule has 0 spiro atoms. The van der Waals surface area contributed by atoms with Crippen LogP contribution in [0.1, 0.15) is 149 Å². The first-order chi connectivity index (χ1) is 24.9. The number of hydrogen-bond donors (Lipinski definition) is 2. The molecule has 0 aliphatic carbocycles. The third-order valence-electron chi connectivity index (χ3n) is 7.84. The predicted molar refractivity (Wildman–Crippen MR) is 215 cm³/mol. The monoisotopic (exact) mass is 736 g/mol. The highest BCUT2D eigenvalue weighted by Gasteiger charge is 2.25. The Morgan fingerprint density at radius 3 is 1.67 bits per heavy atom. The van der Waals surface area contributed by atoms with E-state index in [1.54, 1.807) is 0 Å². The van der Waals surface area contributed by atoms with E-state index in [-0.39, 0.29) is 32.3 Å². The van der Waals surface area contributed by atoms with Crippen LogP contribution in [0.3, 0.4) is 0 Å². The lowest BCUT2D eigenvalue weighted by molar-refractivity contribution is -0.154. The summed E-state index contributed by atoms with van der Waals surface area (Å²) in [5.41, 5.74) is 5.35. The Balaban J connectivity index is 4.11. The topological polar surface area (TPSA) is 117 Å². The first-order valence-corrected chi connectivity index (χ1v) is 21.4. The molecule has 0 rings (SSSR count). The molecule has 2 atom stereocenters. The lowest BCUT2D eigenvalue weighted by Crippen LogP contribution is -2.28. The summed E-state index contributed by atoms with van der Waals surface area (Å²) in [7, 11) is -4.28. The smallest absolute Gasteiger partial charge is 0.457 e. The third kappa shape index (κ3) is 39.0. The largest absolute Gasteiger partial charge is 0.472 e. The lowest BCUT2D eigenvalue weighted by atomic mass is 10.1. The SMILES string of the molecule is CC/C=C\C/C=C\C/C=C\C/C=C\C/C=C\CCCCCCCC(=O)OC(COCCCCCCCC/C=C\CCC)COP(=O)(O)OCCN. The van der Waals surface area contributed by atoms with Gasteiger partial charge in [-0.1, -0.05) is 138 Å². The molecule has 0 fully saturated rings. The van der Waals surface area contributed by atoms with Crippen molar-refractivity contribution in [1.29, 1.82) is 0 Å². The lowest BCUT2D eigenvalue weighted by Gasteiger charge is -2.20. The van der Waals surface area contributed by atoms with Gasteiger partial charge in [-0.15, -0.1) is 0 Å². The molecule has 0 saturated carbocycles. The van der Waals surface area contributed by atoms with Gasteiger partial charge < -0.3 is 20.1 Å². The summed E-state index contributed by atoms with van der Waals surface area (Å²) in [5.74, 6) is -0.355. The van der Waals surface area contributed by atoms with Gasteiger partial charge in [-0.05, 0) is 77.0 Å². The summed E-state index contributed by atoms with van der Waals surface area (Å²) in [6, 6.07) is 0. The predicted octanol–water partition coefficient (Wildman–Crippen LogP) is 11.6. The fraction of sp³-hybridized carbons (Fsp3) is 0.690. The van der Waals surface area contributed by atoms with Gasteiger partial charge in [-0.2, -0.15) is 0 Å². The number of rotatable bonds is 37. The highest BCUT2D eigenvalue weighted by Crippen LogP contribution is 2.43. The van der Waals surface area contributed by atoms with Crippen LogP contribution in [0, 0.1) is 0 Å². The van der Waals surface area contributed by atoms with Gasteiger partial charge in [0.1, 0.15) is 6.10 Å². The van der Waals surface area contributed by atoms with Crippen LogP contribution in [0.15, 0.2) is 72.9 Å². The van der Waals surface area contributed by atoms with E-state index in [1.807, 2.05) is 0 Å². The number of nitrogens with two attached hydrogens (primary N) is 1. The molecule has 0 aromatic heterocycles. The molecule has 0 aliphatic rings. The first-order valence-electron chi connectivity index (χ1n) is 19.9. The van der Waals surface area contributed by atoms with Crippen LogP contribution in [0.2, 0.25) is 0 Å². The zero-order chi connectivity index (χ0) is 37.4. The van der Waals surface area contributed by atoms with Gasteiger partial charge in [0, 0.05) is 19.6 Å². The van der Waals surface area contributed by atoms with Crippen LogP contribution in [0.5, 0.6) is 0 Å². The maximum absolute atomic E-state index is 12.5. The van der Waals surface area contributed by atoms with Gasteiger partial charge in [0.25, 0.3) is 0 Å². The van der Waals surface area contributed by atoms with E-state index in [1.165, 1.54) is 38.5 Å². The van der Waals surface area contributed by atoms with Gasteiger partial charge in [0.05, 0.1) is 19.8 Å². The fourth-order valence-electron chi connectivity index (χ4n) is 4.96. The Hall–Kier alpha value is -2.06. The molecular weight excluding hydrogens is 661 g/mol. The van der Waals surface area contributed by atoms with Crippen molar-refractivity contribution in [3.8, 4) is 0 Å². The van der Waals surface area contributed by atoms with Gasteiger partial charge in [-0.3, -0.25) is 13.8 Å². The van der Waals surface area contributed by atoms with E-state index in [4.69, 9.17) is 24.3 Å². The van der Waals surface area contributed by atoms with Crippen molar-refractivity contribution < 1.29 is 32.8 Å². The quantitative estimate of drug-likeness (QED) is 0.0280. The van der Waals surface area contributed by atoms with Crippen LogP contribution < -0.4 is 5.73 Å². The number of unbranched alkanes of at least 4 members (excludes halogenated alkanes) is 12. The van der Waals surface area contributed by atoms with Crippen LogP contribution in [0.4, 0.5) is 0 Å². The fourth-order valence-corrected chi connectivity index (χ4v) is 5.73. The number of carbonyl (C=O) groups is 1. The number of phosphoric ester groups is 1. The molecule has 51 heavy (non-hydrogen) atoms. The molecule has 0 saturated heterocycles. The molecule has 0 amide bonds. The average molecular weight is 736 g/mol. The average Bonchev–Trinajstić information content (AvgIpc) is 3.12. The van der Waals surface area contributed by atoms with Crippen molar-refractivity contribution in [2.24, 2.45) is 5.73 Å². The second-order valence-corrected chi connectivity index (χ2v) is 14.2. The van der Waals surface area contributed by atoms with E-state index in [2.05, 4.69) is 86.8 Å². The number of phosphoric acid groups is 1. The highest BCUT2D eigenvalue weighted by atomic mass is 31.2. The zero-order valence-corrected chi connectivity index (χ0v) is 33.2. The normalized spacial score (nSPS) is 14.4. The summed E-state index contributed by atoms with van der Waals surface area (Å²) in [6.07, 6.45) is 47.7. The molecule has 0 radical (unpaired) electrons. The van der Waals surface area contributed by atoms with E-state index >= 15 is 0 Å². The first kappa shape index (κ1) is 48.9.